The Hall–Kier alpha value is -0.390. The molecule has 0 aromatic carbocycles. The summed E-state index contributed by atoms with van der Waals surface area (Å²) in [4.78, 5) is 14.4. The lowest BCUT2D eigenvalue weighted by molar-refractivity contribution is -0.183. The number of rotatable bonds is 9. The highest BCUT2D eigenvalue weighted by molar-refractivity contribution is 9.11. The Bertz CT molecular complexity index is 534. The van der Waals surface area contributed by atoms with E-state index in [0.717, 1.165) is 24.7 Å². The molecule has 0 spiro atoms. The van der Waals surface area contributed by atoms with Crippen LogP contribution in [0.2, 0.25) is 0 Å². The molecular formula is C22H37BrO4. The average Bonchev–Trinajstić information content (AvgIpc) is 3.02. The Kier molecular flexibility index (Phi) is 8.38. The maximum atomic E-state index is 12.2. The van der Waals surface area contributed by atoms with Crippen molar-refractivity contribution in [1.29, 1.82) is 0 Å². The van der Waals surface area contributed by atoms with Gasteiger partial charge in [0.1, 0.15) is 6.79 Å². The van der Waals surface area contributed by atoms with Gasteiger partial charge in [0.15, 0.2) is 5.60 Å². The summed E-state index contributed by atoms with van der Waals surface area (Å²) in [5, 5.41) is 0. The molecule has 0 amide bonds. The minimum absolute atomic E-state index is 0.102. The predicted octanol–water partition coefficient (Wildman–Crippen LogP) is 5.84. The second kappa shape index (κ2) is 9.89. The van der Waals surface area contributed by atoms with Crippen molar-refractivity contribution in [3.63, 3.8) is 0 Å². The van der Waals surface area contributed by atoms with Crippen molar-refractivity contribution in [2.45, 2.75) is 77.7 Å². The van der Waals surface area contributed by atoms with Crippen molar-refractivity contribution in [3.8, 4) is 0 Å². The van der Waals surface area contributed by atoms with Crippen molar-refractivity contribution in [2.75, 3.05) is 21.0 Å². The van der Waals surface area contributed by atoms with E-state index in [-0.39, 0.29) is 12.8 Å². The number of carbonyl (C=O) groups excluding carboxylic acids is 1. The van der Waals surface area contributed by atoms with Crippen LogP contribution in [0, 0.1) is 23.2 Å². The van der Waals surface area contributed by atoms with Gasteiger partial charge in [0.25, 0.3) is 0 Å². The molecule has 5 heteroatoms. The number of esters is 1. The summed E-state index contributed by atoms with van der Waals surface area (Å²) in [7, 11) is 2.98. The van der Waals surface area contributed by atoms with Gasteiger partial charge in [0.05, 0.1) is 7.11 Å². The number of fused-ring (bicyclic) bond motifs is 1. The summed E-state index contributed by atoms with van der Waals surface area (Å²) in [6.45, 7) is 6.83. The molecule has 0 saturated heterocycles. The molecular weight excluding hydrogens is 408 g/mol. The Labute approximate surface area is 173 Å². The summed E-state index contributed by atoms with van der Waals surface area (Å²) in [5.74, 6) is 1.83. The molecule has 27 heavy (non-hydrogen) atoms. The largest absolute Gasteiger partial charge is 0.467 e. The minimum Gasteiger partial charge on any atom is -0.467 e. The number of ether oxygens (including phenoxy) is 3. The van der Waals surface area contributed by atoms with Crippen LogP contribution < -0.4 is 0 Å². The minimum atomic E-state index is -0.927. The lowest BCUT2D eigenvalue weighted by Gasteiger charge is -2.44. The Morgan fingerprint density at radius 3 is 2.78 bits per heavy atom. The third-order valence-corrected chi connectivity index (χ3v) is 7.88. The number of allylic oxidation sites excluding steroid dienone is 1. The third-order valence-electron chi connectivity index (χ3n) is 7.29. The molecule has 2 saturated carbocycles. The van der Waals surface area contributed by atoms with Crippen LogP contribution in [0.1, 0.15) is 72.1 Å². The zero-order valence-corrected chi connectivity index (χ0v) is 19.3. The fraction of sp³-hybridized carbons (Fsp3) is 0.864. The van der Waals surface area contributed by atoms with Gasteiger partial charge in [-0.3, -0.25) is 0 Å². The van der Waals surface area contributed by atoms with Crippen LogP contribution in [0.25, 0.3) is 0 Å². The molecule has 2 aliphatic rings. The maximum Gasteiger partial charge on any atom is 0.337 e. The smallest absolute Gasteiger partial charge is 0.337 e. The normalized spacial score (nSPS) is 32.7. The predicted molar refractivity (Wildman–Crippen MR) is 112 cm³/mol. The van der Waals surface area contributed by atoms with E-state index in [9.17, 15) is 4.79 Å². The zero-order chi connectivity index (χ0) is 20.1. The molecule has 0 heterocycles. The number of hydrogen-bond acceptors (Lipinski definition) is 4. The molecule has 0 N–H and O–H groups in total. The van der Waals surface area contributed by atoms with Crippen LogP contribution in [0.4, 0.5) is 0 Å². The van der Waals surface area contributed by atoms with Crippen molar-refractivity contribution in [3.05, 3.63) is 10.6 Å². The Morgan fingerprint density at radius 2 is 2.15 bits per heavy atom. The van der Waals surface area contributed by atoms with Crippen LogP contribution in [-0.2, 0) is 19.0 Å². The van der Waals surface area contributed by atoms with Crippen molar-refractivity contribution >= 4 is 21.9 Å². The van der Waals surface area contributed by atoms with E-state index in [1.807, 2.05) is 6.92 Å². The molecule has 5 atom stereocenters. The van der Waals surface area contributed by atoms with Crippen molar-refractivity contribution < 1.29 is 19.0 Å². The highest BCUT2D eigenvalue weighted by atomic mass is 79.9. The van der Waals surface area contributed by atoms with E-state index < -0.39 is 5.60 Å². The van der Waals surface area contributed by atoms with Gasteiger partial charge >= 0.3 is 5.97 Å². The zero-order valence-electron chi connectivity index (χ0n) is 17.7. The number of methoxy groups -OCH3 is 2. The standard InChI is InChI=1S/C22H37BrO4/c1-16(8-6-13-22(3,20(24)26-5)27-15-25-4)18-10-11-19-17(14-23)9-7-12-21(18,19)2/h14,16,18-19H,6-13,15H2,1-5H3/b17-14+/t16-,18-,19?,21-,22-/m1/s1. The fourth-order valence-electron chi connectivity index (χ4n) is 5.75. The van der Waals surface area contributed by atoms with Gasteiger partial charge in [0.2, 0.25) is 0 Å². The number of hydrogen-bond donors (Lipinski definition) is 0. The highest BCUT2D eigenvalue weighted by Gasteiger charge is 2.50. The summed E-state index contributed by atoms with van der Waals surface area (Å²) < 4.78 is 15.6. The molecule has 1 unspecified atom stereocenters. The van der Waals surface area contributed by atoms with Gasteiger partial charge in [-0.1, -0.05) is 41.8 Å². The van der Waals surface area contributed by atoms with Gasteiger partial charge in [-0.15, -0.1) is 0 Å². The molecule has 0 bridgehead atoms. The average molecular weight is 445 g/mol. The van der Waals surface area contributed by atoms with Gasteiger partial charge < -0.3 is 14.2 Å². The van der Waals surface area contributed by atoms with Gasteiger partial charge in [-0.05, 0) is 80.0 Å². The lowest BCUT2D eigenvalue weighted by atomic mass is 9.61. The van der Waals surface area contributed by atoms with E-state index in [1.165, 1.54) is 39.2 Å². The third kappa shape index (κ3) is 4.97. The number of halogens is 1. The van der Waals surface area contributed by atoms with Gasteiger partial charge in [0, 0.05) is 7.11 Å². The summed E-state index contributed by atoms with van der Waals surface area (Å²) in [5.41, 5.74) is 1.11. The topological polar surface area (TPSA) is 44.8 Å². The monoisotopic (exact) mass is 444 g/mol. The lowest BCUT2D eigenvalue weighted by Crippen LogP contribution is -2.40. The highest BCUT2D eigenvalue weighted by Crippen LogP contribution is 2.60. The Morgan fingerprint density at radius 1 is 1.41 bits per heavy atom. The quantitative estimate of drug-likeness (QED) is 0.330. The molecule has 0 aromatic rings. The van der Waals surface area contributed by atoms with Crippen molar-refractivity contribution in [2.24, 2.45) is 23.2 Å². The number of carbonyl (C=O) groups is 1. The van der Waals surface area contributed by atoms with E-state index in [0.29, 0.717) is 17.8 Å². The fourth-order valence-corrected chi connectivity index (χ4v) is 6.29. The van der Waals surface area contributed by atoms with E-state index in [2.05, 4.69) is 34.8 Å². The van der Waals surface area contributed by atoms with Gasteiger partial charge in [-0.2, -0.15) is 0 Å². The molecule has 156 valence electrons. The molecule has 0 aromatic heterocycles. The first-order chi connectivity index (χ1) is 12.8. The van der Waals surface area contributed by atoms with Crippen molar-refractivity contribution in [1.82, 2.24) is 0 Å². The van der Waals surface area contributed by atoms with Crippen LogP contribution in [0.15, 0.2) is 10.6 Å². The molecule has 2 aliphatic carbocycles. The summed E-state index contributed by atoms with van der Waals surface area (Å²) in [6.07, 6.45) is 9.26. The van der Waals surface area contributed by atoms with Crippen LogP contribution >= 0.6 is 15.9 Å². The first kappa shape index (κ1) is 22.9. The summed E-state index contributed by atoms with van der Waals surface area (Å²) >= 11 is 3.60. The molecule has 2 rings (SSSR count). The second-order valence-electron chi connectivity index (χ2n) is 8.92. The molecule has 0 radical (unpaired) electrons. The SMILES string of the molecule is COCO[C@](C)(CCC[C@@H](C)[C@H]1CCC2/C(=C/Br)CCC[C@@]21C)C(=O)OC. The van der Waals surface area contributed by atoms with Crippen LogP contribution in [-0.4, -0.2) is 32.6 Å². The van der Waals surface area contributed by atoms with Crippen LogP contribution in [0.5, 0.6) is 0 Å². The second-order valence-corrected chi connectivity index (χ2v) is 9.38. The Balaban J connectivity index is 1.95. The molecule has 0 aliphatic heterocycles. The molecule has 2 fully saturated rings. The van der Waals surface area contributed by atoms with E-state index in [4.69, 9.17) is 14.2 Å². The maximum absolute atomic E-state index is 12.2. The summed E-state index contributed by atoms with van der Waals surface area (Å²) in [6, 6.07) is 0. The first-order valence-electron chi connectivity index (χ1n) is 10.3. The van der Waals surface area contributed by atoms with Crippen LogP contribution in [0.3, 0.4) is 0 Å². The van der Waals surface area contributed by atoms with E-state index in [1.54, 1.807) is 12.7 Å². The van der Waals surface area contributed by atoms with Gasteiger partial charge in [-0.25, -0.2) is 4.79 Å². The first-order valence-corrected chi connectivity index (χ1v) is 11.2. The molecule has 4 nitrogen and oxygen atoms in total. The van der Waals surface area contributed by atoms with E-state index >= 15 is 0 Å².